The molecule has 1 spiro atoms. The van der Waals surface area contributed by atoms with E-state index in [0.717, 1.165) is 45.5 Å². The van der Waals surface area contributed by atoms with Crippen LogP contribution < -0.4 is 0 Å². The Morgan fingerprint density at radius 1 is 1.03 bits per heavy atom. The molecule has 0 amide bonds. The van der Waals surface area contributed by atoms with Gasteiger partial charge in [0.15, 0.2) is 8.32 Å². The second-order valence-electron chi connectivity index (χ2n) is 11.0. The maximum atomic E-state index is 12.1. The summed E-state index contributed by atoms with van der Waals surface area (Å²) in [6, 6.07) is 0. The molecule has 0 aromatic heterocycles. The van der Waals surface area contributed by atoms with E-state index in [1.807, 2.05) is 0 Å². The van der Waals surface area contributed by atoms with Gasteiger partial charge in [-0.2, -0.15) is 0 Å². The second-order valence-corrected chi connectivity index (χ2v) is 15.8. The molecule has 6 atom stereocenters. The van der Waals surface area contributed by atoms with Gasteiger partial charge in [0.2, 0.25) is 0 Å². The fourth-order valence-corrected chi connectivity index (χ4v) is 6.73. The lowest BCUT2D eigenvalue weighted by Gasteiger charge is -2.36. The van der Waals surface area contributed by atoms with Crippen LogP contribution in [0, 0.1) is 35.0 Å². The van der Waals surface area contributed by atoms with E-state index in [1.165, 1.54) is 0 Å². The van der Waals surface area contributed by atoms with Gasteiger partial charge in [-0.25, -0.2) is 0 Å². The van der Waals surface area contributed by atoms with Crippen LogP contribution in [0.15, 0.2) is 12.2 Å². The Labute approximate surface area is 175 Å². The fraction of sp³-hybridized carbons (Fsp3) is 0.826. The molecule has 0 N–H and O–H groups in total. The van der Waals surface area contributed by atoms with Crippen LogP contribution in [-0.2, 0) is 23.5 Å². The molecule has 2 bridgehead atoms. The van der Waals surface area contributed by atoms with Crippen LogP contribution >= 0.6 is 0 Å². The van der Waals surface area contributed by atoms with Crippen molar-refractivity contribution in [2.75, 3.05) is 19.8 Å². The smallest absolute Gasteiger partial charge is 0.318 e. The van der Waals surface area contributed by atoms with Gasteiger partial charge in [-0.15, -0.1) is 0 Å². The molecular weight excluding hydrogens is 384 g/mol. The van der Waals surface area contributed by atoms with Crippen LogP contribution in [-0.4, -0.2) is 40.1 Å². The van der Waals surface area contributed by atoms with Crippen LogP contribution in [0.2, 0.25) is 18.1 Å². The van der Waals surface area contributed by atoms with Gasteiger partial charge in [-0.3, -0.25) is 9.59 Å². The summed E-state index contributed by atoms with van der Waals surface area (Å²) < 4.78 is 17.1. The highest BCUT2D eigenvalue weighted by Crippen LogP contribution is 2.76. The minimum Gasteiger partial charge on any atom is -0.417 e. The van der Waals surface area contributed by atoms with E-state index in [4.69, 9.17) is 13.9 Å². The largest absolute Gasteiger partial charge is 0.417 e. The number of hydrogen-bond acceptors (Lipinski definition) is 5. The maximum absolute atomic E-state index is 12.1. The number of rotatable bonds is 9. The van der Waals surface area contributed by atoms with E-state index in [0.29, 0.717) is 5.92 Å². The lowest BCUT2D eigenvalue weighted by Crippen LogP contribution is -2.40. The molecule has 2 saturated carbocycles. The van der Waals surface area contributed by atoms with Crippen molar-refractivity contribution in [1.82, 2.24) is 0 Å². The molecule has 0 aromatic rings. The summed E-state index contributed by atoms with van der Waals surface area (Å²) in [6.07, 6.45) is 8.67. The molecule has 6 heteroatoms. The van der Waals surface area contributed by atoms with Gasteiger partial charge in [0.25, 0.3) is 0 Å². The predicted molar refractivity (Wildman–Crippen MR) is 113 cm³/mol. The summed E-state index contributed by atoms with van der Waals surface area (Å²) in [5, 5.41) is 0.269. The van der Waals surface area contributed by atoms with E-state index in [9.17, 15) is 9.59 Å². The molecule has 4 aliphatic rings. The molecule has 4 rings (SSSR count). The third-order valence-electron chi connectivity index (χ3n) is 8.39. The van der Waals surface area contributed by atoms with Gasteiger partial charge < -0.3 is 13.9 Å². The minimum atomic E-state index is -1.63. The quantitative estimate of drug-likeness (QED) is 0.183. The molecule has 162 valence electrons. The highest BCUT2D eigenvalue weighted by molar-refractivity contribution is 6.74. The maximum Gasteiger partial charge on any atom is 0.318 e. The summed E-state index contributed by atoms with van der Waals surface area (Å²) in [4.78, 5) is 24.1. The summed E-state index contributed by atoms with van der Waals surface area (Å²) in [5.41, 5.74) is 0.0987. The highest BCUT2D eigenvalue weighted by Gasteiger charge is 2.77. The monoisotopic (exact) mass is 420 g/mol. The van der Waals surface area contributed by atoms with Gasteiger partial charge in [-0.1, -0.05) is 32.9 Å². The highest BCUT2D eigenvalue weighted by atomic mass is 28.4. The Balaban J connectivity index is 1.13. The lowest BCUT2D eigenvalue weighted by molar-refractivity contribution is -0.155. The van der Waals surface area contributed by atoms with Crippen LogP contribution in [0.5, 0.6) is 0 Å². The minimum absolute atomic E-state index is 0.0987. The van der Waals surface area contributed by atoms with E-state index in [2.05, 4.69) is 46.0 Å². The topological polar surface area (TPSA) is 61.8 Å². The first-order chi connectivity index (χ1) is 13.6. The normalized spacial score (nSPS) is 37.5. The van der Waals surface area contributed by atoms with Crippen molar-refractivity contribution in [2.24, 2.45) is 35.0 Å². The molecular formula is C23H36O5Si. The van der Waals surface area contributed by atoms with Gasteiger partial charge >= 0.3 is 11.9 Å². The Morgan fingerprint density at radius 3 is 2.21 bits per heavy atom. The summed E-state index contributed by atoms with van der Waals surface area (Å²) >= 11 is 0. The molecule has 0 radical (unpaired) electrons. The standard InChI is InChI=1S/C23H36O5Si/c1-22(2,3)29(4,5)27-12-8-6-7-11-26-14-15-13-23(15)16-9-10-17(23)19-18(16)20(24)28-21(19)25/h9-10,15-19H,6-8,11-14H2,1-5H3/t15?,16-,17+,18+,19-,23?. The third-order valence-corrected chi connectivity index (χ3v) is 12.9. The molecule has 0 aromatic carbocycles. The Hall–Kier alpha value is -0.983. The van der Waals surface area contributed by atoms with Crippen molar-refractivity contribution in [3.8, 4) is 0 Å². The SMILES string of the molecule is CC(C)(C)[Si](C)(C)OCCCCCOCC1CC12[C@@H]1C=C[C@H]2[C@H]2C(=O)OC(=O)[C@H]21. The lowest BCUT2D eigenvalue weighted by atomic mass is 9.85. The zero-order valence-electron chi connectivity index (χ0n) is 18.5. The third kappa shape index (κ3) is 3.45. The van der Waals surface area contributed by atoms with Gasteiger partial charge in [-0.05, 0) is 67.0 Å². The van der Waals surface area contributed by atoms with Crippen LogP contribution in [0.25, 0.3) is 0 Å². The van der Waals surface area contributed by atoms with Crippen molar-refractivity contribution in [2.45, 2.75) is 64.6 Å². The molecule has 3 fully saturated rings. The van der Waals surface area contributed by atoms with Crippen LogP contribution in [0.1, 0.15) is 46.5 Å². The van der Waals surface area contributed by atoms with Crippen molar-refractivity contribution in [3.05, 3.63) is 12.2 Å². The Bertz CT molecular complexity index is 677. The molecule has 29 heavy (non-hydrogen) atoms. The van der Waals surface area contributed by atoms with E-state index < -0.39 is 8.32 Å². The van der Waals surface area contributed by atoms with Crippen molar-refractivity contribution in [1.29, 1.82) is 0 Å². The number of carbonyl (C=O) groups is 2. The molecule has 5 nitrogen and oxygen atoms in total. The fourth-order valence-electron chi connectivity index (χ4n) is 5.65. The molecule has 1 saturated heterocycles. The van der Waals surface area contributed by atoms with Crippen LogP contribution in [0.3, 0.4) is 0 Å². The first kappa shape index (κ1) is 21.3. The molecule has 2 unspecified atom stereocenters. The number of hydrogen-bond donors (Lipinski definition) is 0. The summed E-state index contributed by atoms with van der Waals surface area (Å²) in [6.45, 7) is 13.8. The van der Waals surface area contributed by atoms with E-state index >= 15 is 0 Å². The Morgan fingerprint density at radius 2 is 1.62 bits per heavy atom. The molecule has 3 aliphatic carbocycles. The number of carbonyl (C=O) groups excluding carboxylic acids is 2. The van der Waals surface area contributed by atoms with E-state index in [-0.39, 0.29) is 46.1 Å². The summed E-state index contributed by atoms with van der Waals surface area (Å²) in [7, 11) is -1.63. The molecule has 1 aliphatic heterocycles. The average molecular weight is 421 g/mol. The zero-order chi connectivity index (χ0) is 21.0. The number of ether oxygens (including phenoxy) is 2. The second kappa shape index (κ2) is 7.31. The van der Waals surface area contributed by atoms with E-state index in [1.54, 1.807) is 0 Å². The number of esters is 2. The predicted octanol–water partition coefficient (Wildman–Crippen LogP) is 4.33. The first-order valence-electron chi connectivity index (χ1n) is 11.3. The average Bonchev–Trinajstić information content (AvgIpc) is 3.00. The van der Waals surface area contributed by atoms with Gasteiger partial charge in [0.1, 0.15) is 0 Å². The number of allylic oxidation sites excluding steroid dienone is 2. The van der Waals surface area contributed by atoms with Crippen LogP contribution in [0.4, 0.5) is 0 Å². The van der Waals surface area contributed by atoms with Crippen molar-refractivity contribution in [3.63, 3.8) is 0 Å². The number of cyclic esters (lactones) is 2. The molecule has 1 heterocycles. The summed E-state index contributed by atoms with van der Waals surface area (Å²) in [5.74, 6) is -0.243. The number of unbranched alkanes of at least 4 members (excludes halogenated alkanes) is 2. The number of fused-ring (bicyclic) bond motifs is 3. The Kier molecular flexibility index (Phi) is 5.36. The zero-order valence-corrected chi connectivity index (χ0v) is 19.5. The first-order valence-corrected chi connectivity index (χ1v) is 14.2. The van der Waals surface area contributed by atoms with Gasteiger partial charge in [0, 0.05) is 19.8 Å². The van der Waals surface area contributed by atoms with Crippen molar-refractivity contribution < 1.29 is 23.5 Å². The van der Waals surface area contributed by atoms with Gasteiger partial charge in [0.05, 0.1) is 11.8 Å². The van der Waals surface area contributed by atoms with Crippen molar-refractivity contribution >= 4 is 20.3 Å².